The maximum Gasteiger partial charge on any atom is 0.573 e. The summed E-state index contributed by atoms with van der Waals surface area (Å²) < 4.78 is 47.0. The molecule has 1 amide bonds. The van der Waals surface area contributed by atoms with Crippen LogP contribution in [0.5, 0.6) is 5.75 Å². The predicted molar refractivity (Wildman–Crippen MR) is 94.4 cm³/mol. The number of carbonyl (C=O) groups is 2. The van der Waals surface area contributed by atoms with Crippen molar-refractivity contribution in [2.75, 3.05) is 5.32 Å². The van der Waals surface area contributed by atoms with Crippen molar-refractivity contribution in [3.05, 3.63) is 47.2 Å². The van der Waals surface area contributed by atoms with Crippen LogP contribution in [0, 0.1) is 6.92 Å². The van der Waals surface area contributed by atoms with E-state index in [-0.39, 0.29) is 10.6 Å². The number of fused-ring (bicyclic) bond motifs is 1. The molecule has 0 saturated heterocycles. The number of alkyl halides is 3. The van der Waals surface area contributed by atoms with Gasteiger partial charge in [-0.2, -0.15) is 0 Å². The highest BCUT2D eigenvalue weighted by atomic mass is 32.1. The number of esters is 1. The summed E-state index contributed by atoms with van der Waals surface area (Å²) in [6.45, 7) is 3.21. The summed E-state index contributed by atoms with van der Waals surface area (Å²) in [4.78, 5) is 29.5. The number of amides is 1. The van der Waals surface area contributed by atoms with Gasteiger partial charge in [-0.15, -0.1) is 13.2 Å². The van der Waals surface area contributed by atoms with Crippen molar-refractivity contribution in [2.45, 2.75) is 26.3 Å². The second-order valence-electron chi connectivity index (χ2n) is 5.78. The van der Waals surface area contributed by atoms with E-state index < -0.39 is 30.1 Å². The number of aromatic nitrogens is 2. The van der Waals surface area contributed by atoms with E-state index in [0.29, 0.717) is 4.96 Å². The van der Waals surface area contributed by atoms with Gasteiger partial charge in [-0.05, 0) is 38.1 Å². The van der Waals surface area contributed by atoms with Crippen molar-refractivity contribution in [1.29, 1.82) is 0 Å². The number of rotatable bonds is 5. The van der Waals surface area contributed by atoms with Gasteiger partial charge in [0.05, 0.1) is 5.69 Å². The SMILES string of the molecule is Cc1cn2cc(C(=O)O[C@@H](C)C(=O)Nc3ccc(OC(F)(F)F)cc3)sc2n1. The van der Waals surface area contributed by atoms with Crippen molar-refractivity contribution < 1.29 is 32.2 Å². The summed E-state index contributed by atoms with van der Waals surface area (Å²) in [5, 5.41) is 2.45. The van der Waals surface area contributed by atoms with E-state index in [9.17, 15) is 22.8 Å². The van der Waals surface area contributed by atoms with Crippen molar-refractivity contribution in [2.24, 2.45) is 0 Å². The quantitative estimate of drug-likeness (QED) is 0.644. The first-order valence-electron chi connectivity index (χ1n) is 7.93. The third-order valence-electron chi connectivity index (χ3n) is 3.49. The average molecular weight is 413 g/mol. The Morgan fingerprint density at radius 1 is 1.21 bits per heavy atom. The van der Waals surface area contributed by atoms with Crippen LogP contribution in [0.3, 0.4) is 0 Å². The van der Waals surface area contributed by atoms with Gasteiger partial charge in [0.2, 0.25) is 0 Å². The molecule has 11 heteroatoms. The third-order valence-corrected chi connectivity index (χ3v) is 4.46. The molecule has 1 N–H and O–H groups in total. The molecule has 3 rings (SSSR count). The molecule has 0 fully saturated rings. The fraction of sp³-hybridized carbons (Fsp3) is 0.235. The summed E-state index contributed by atoms with van der Waals surface area (Å²) in [7, 11) is 0. The van der Waals surface area contributed by atoms with Crippen LogP contribution in [0.2, 0.25) is 0 Å². The number of hydrogen-bond acceptors (Lipinski definition) is 6. The molecule has 1 atom stereocenters. The molecule has 3 aromatic rings. The fourth-order valence-electron chi connectivity index (χ4n) is 2.26. The molecule has 28 heavy (non-hydrogen) atoms. The van der Waals surface area contributed by atoms with Crippen LogP contribution < -0.4 is 10.1 Å². The minimum Gasteiger partial charge on any atom is -0.448 e. The first-order valence-corrected chi connectivity index (χ1v) is 8.75. The number of nitrogens with zero attached hydrogens (tertiary/aromatic N) is 2. The van der Waals surface area contributed by atoms with Crippen molar-refractivity contribution in [3.8, 4) is 5.75 Å². The number of anilines is 1. The number of halogens is 3. The second-order valence-corrected chi connectivity index (χ2v) is 6.79. The Balaban J connectivity index is 1.57. The molecular formula is C17H14F3N3O4S. The number of ether oxygens (including phenoxy) is 2. The van der Waals surface area contributed by atoms with Gasteiger partial charge in [0.1, 0.15) is 10.6 Å². The number of thiazole rings is 1. The van der Waals surface area contributed by atoms with Crippen molar-refractivity contribution in [3.63, 3.8) is 0 Å². The highest BCUT2D eigenvalue weighted by molar-refractivity contribution is 7.18. The van der Waals surface area contributed by atoms with Gasteiger partial charge >= 0.3 is 12.3 Å². The van der Waals surface area contributed by atoms with Crippen LogP contribution in [-0.4, -0.2) is 33.7 Å². The van der Waals surface area contributed by atoms with Crippen LogP contribution in [0.25, 0.3) is 4.96 Å². The summed E-state index contributed by atoms with van der Waals surface area (Å²) in [6, 6.07) is 4.60. The molecular weight excluding hydrogens is 399 g/mol. The normalized spacial score (nSPS) is 12.6. The van der Waals surface area contributed by atoms with Gasteiger partial charge < -0.3 is 14.8 Å². The highest BCUT2D eigenvalue weighted by Gasteiger charge is 2.31. The molecule has 148 valence electrons. The third kappa shape index (κ3) is 4.80. The summed E-state index contributed by atoms with van der Waals surface area (Å²) in [6.07, 6.45) is -2.60. The number of carbonyl (C=O) groups excluding carboxylic acids is 2. The Kier molecular flexibility index (Phi) is 5.27. The Morgan fingerprint density at radius 2 is 1.89 bits per heavy atom. The number of imidazole rings is 1. The Labute approximate surface area is 160 Å². The van der Waals surface area contributed by atoms with E-state index in [2.05, 4.69) is 15.0 Å². The molecule has 7 nitrogen and oxygen atoms in total. The summed E-state index contributed by atoms with van der Waals surface area (Å²) in [5.74, 6) is -1.72. The Hall–Kier alpha value is -3.08. The maximum atomic E-state index is 12.2. The predicted octanol–water partition coefficient (Wildman–Crippen LogP) is 3.79. The zero-order valence-electron chi connectivity index (χ0n) is 14.6. The molecule has 0 radical (unpaired) electrons. The van der Waals surface area contributed by atoms with E-state index in [4.69, 9.17) is 4.74 Å². The van der Waals surface area contributed by atoms with Crippen LogP contribution in [0.15, 0.2) is 36.7 Å². The first kappa shape index (κ1) is 19.7. The smallest absolute Gasteiger partial charge is 0.448 e. The lowest BCUT2D eigenvalue weighted by atomic mass is 10.3. The molecule has 2 heterocycles. The van der Waals surface area contributed by atoms with E-state index >= 15 is 0 Å². The largest absolute Gasteiger partial charge is 0.573 e. The summed E-state index contributed by atoms with van der Waals surface area (Å²) in [5.41, 5.74) is 1.04. The first-order chi connectivity index (χ1) is 13.1. The molecule has 0 unspecified atom stereocenters. The lowest BCUT2D eigenvalue weighted by molar-refractivity contribution is -0.274. The monoisotopic (exact) mass is 413 g/mol. The summed E-state index contributed by atoms with van der Waals surface area (Å²) >= 11 is 1.13. The maximum absolute atomic E-state index is 12.2. The fourth-order valence-corrected chi connectivity index (χ4v) is 3.16. The lowest BCUT2D eigenvalue weighted by Gasteiger charge is -2.13. The molecule has 0 aliphatic carbocycles. The van der Waals surface area contributed by atoms with Gasteiger partial charge in [-0.25, -0.2) is 9.78 Å². The number of nitrogens with one attached hydrogen (secondary N) is 1. The van der Waals surface area contributed by atoms with E-state index in [1.807, 2.05) is 6.92 Å². The average Bonchev–Trinajstić information content (AvgIpc) is 3.12. The molecule has 0 aliphatic heterocycles. The molecule has 2 aromatic heterocycles. The minimum absolute atomic E-state index is 0.229. The van der Waals surface area contributed by atoms with Crippen LogP contribution in [0.4, 0.5) is 18.9 Å². The minimum atomic E-state index is -4.80. The van der Waals surface area contributed by atoms with Crippen LogP contribution in [-0.2, 0) is 9.53 Å². The standard InChI is InChI=1S/C17H14F3N3O4S/c1-9-7-23-8-13(28-16(23)21-9)15(25)26-10(2)14(24)22-11-3-5-12(6-4-11)27-17(18,19)20/h3-8,10H,1-2H3,(H,22,24)/t10-/m0/s1. The molecule has 0 bridgehead atoms. The highest BCUT2D eigenvalue weighted by Crippen LogP contribution is 2.24. The lowest BCUT2D eigenvalue weighted by Crippen LogP contribution is -2.29. The van der Waals surface area contributed by atoms with Crippen molar-refractivity contribution >= 4 is 33.9 Å². The molecule has 0 spiro atoms. The topological polar surface area (TPSA) is 81.9 Å². The van der Waals surface area contributed by atoms with E-state index in [1.54, 1.807) is 16.8 Å². The van der Waals surface area contributed by atoms with Crippen molar-refractivity contribution in [1.82, 2.24) is 9.38 Å². The van der Waals surface area contributed by atoms with Gasteiger partial charge in [0.25, 0.3) is 5.91 Å². The zero-order chi connectivity index (χ0) is 20.5. The zero-order valence-corrected chi connectivity index (χ0v) is 15.4. The van der Waals surface area contributed by atoms with E-state index in [0.717, 1.165) is 29.2 Å². The van der Waals surface area contributed by atoms with Crippen LogP contribution in [0.1, 0.15) is 22.3 Å². The molecule has 0 aliphatic rings. The van der Waals surface area contributed by atoms with Gasteiger partial charge in [-0.3, -0.25) is 9.20 Å². The van der Waals surface area contributed by atoms with E-state index in [1.165, 1.54) is 19.1 Å². The molecule has 0 saturated carbocycles. The molecule has 1 aromatic carbocycles. The van der Waals surface area contributed by atoms with Gasteiger partial charge in [-0.1, -0.05) is 11.3 Å². The van der Waals surface area contributed by atoms with Crippen LogP contribution >= 0.6 is 11.3 Å². The number of hydrogen-bond donors (Lipinski definition) is 1. The number of aryl methyl sites for hydroxylation is 1. The Morgan fingerprint density at radius 3 is 2.50 bits per heavy atom. The number of benzene rings is 1. The second kappa shape index (κ2) is 7.50. The Bertz CT molecular complexity index is 979. The van der Waals surface area contributed by atoms with Gasteiger partial charge in [0.15, 0.2) is 11.1 Å². The van der Waals surface area contributed by atoms with Gasteiger partial charge in [0, 0.05) is 18.1 Å².